The van der Waals surface area contributed by atoms with Crippen molar-refractivity contribution < 1.29 is 13.6 Å². The summed E-state index contributed by atoms with van der Waals surface area (Å²) in [6.45, 7) is 4.97. The molecule has 1 amide bonds. The minimum atomic E-state index is -2.63. The van der Waals surface area contributed by atoms with Gasteiger partial charge in [-0.25, -0.2) is 8.78 Å². The van der Waals surface area contributed by atoms with E-state index >= 15 is 0 Å². The molecule has 3 rings (SSSR count). The van der Waals surface area contributed by atoms with Crippen LogP contribution < -0.4 is 0 Å². The standard InChI is InChI=1S/C17H28F2N2O/c18-17(19)7-4-5-15(11-17)16(22)21-10-6-14(13-21)12-20-8-2-1-3-9-20/h14-15H,1-13H2. The maximum Gasteiger partial charge on any atom is 0.248 e. The van der Waals surface area contributed by atoms with Crippen molar-refractivity contribution in [3.63, 3.8) is 0 Å². The quantitative estimate of drug-likeness (QED) is 0.799. The fraction of sp³-hybridized carbons (Fsp3) is 0.941. The maximum atomic E-state index is 13.5. The van der Waals surface area contributed by atoms with E-state index in [2.05, 4.69) is 4.90 Å². The number of amides is 1. The molecule has 0 N–H and O–H groups in total. The predicted molar refractivity (Wildman–Crippen MR) is 81.9 cm³/mol. The van der Waals surface area contributed by atoms with Crippen molar-refractivity contribution in [3.05, 3.63) is 0 Å². The number of halogens is 2. The molecule has 3 fully saturated rings. The first kappa shape index (κ1) is 16.2. The van der Waals surface area contributed by atoms with Gasteiger partial charge in [0.25, 0.3) is 0 Å². The molecule has 3 nitrogen and oxygen atoms in total. The number of likely N-dealkylation sites (tertiary alicyclic amines) is 2. The third-order valence-electron chi connectivity index (χ3n) is 5.55. The van der Waals surface area contributed by atoms with E-state index in [0.29, 0.717) is 18.8 Å². The summed E-state index contributed by atoms with van der Waals surface area (Å²) in [6.07, 6.45) is 5.77. The second-order valence-electron chi connectivity index (χ2n) is 7.45. The van der Waals surface area contributed by atoms with Crippen molar-refractivity contribution in [1.29, 1.82) is 0 Å². The molecule has 2 saturated heterocycles. The number of carbonyl (C=O) groups is 1. The van der Waals surface area contributed by atoms with Crippen molar-refractivity contribution in [1.82, 2.24) is 9.80 Å². The second kappa shape index (κ2) is 6.81. The van der Waals surface area contributed by atoms with E-state index in [4.69, 9.17) is 0 Å². The second-order valence-corrected chi connectivity index (χ2v) is 7.45. The Morgan fingerprint density at radius 1 is 1.05 bits per heavy atom. The predicted octanol–water partition coefficient (Wildman–Crippen LogP) is 3.15. The Balaban J connectivity index is 1.48. The number of hydrogen-bond acceptors (Lipinski definition) is 2. The zero-order valence-corrected chi connectivity index (χ0v) is 13.4. The van der Waals surface area contributed by atoms with Gasteiger partial charge in [0.1, 0.15) is 0 Å². The van der Waals surface area contributed by atoms with Crippen LogP contribution in [-0.2, 0) is 4.79 Å². The summed E-state index contributed by atoms with van der Waals surface area (Å²) < 4.78 is 27.0. The van der Waals surface area contributed by atoms with Crippen LogP contribution in [0.3, 0.4) is 0 Å². The number of piperidine rings is 1. The van der Waals surface area contributed by atoms with Gasteiger partial charge in [0.15, 0.2) is 0 Å². The molecule has 0 aromatic carbocycles. The lowest BCUT2D eigenvalue weighted by Gasteiger charge is -2.31. The minimum Gasteiger partial charge on any atom is -0.342 e. The molecule has 126 valence electrons. The molecule has 0 spiro atoms. The Morgan fingerprint density at radius 3 is 2.55 bits per heavy atom. The SMILES string of the molecule is O=C(C1CCCC(F)(F)C1)N1CCC(CN2CCCCC2)C1. The van der Waals surface area contributed by atoms with Crippen LogP contribution in [0, 0.1) is 11.8 Å². The van der Waals surface area contributed by atoms with Gasteiger partial charge in [-0.1, -0.05) is 6.42 Å². The van der Waals surface area contributed by atoms with Crippen molar-refractivity contribution in [2.24, 2.45) is 11.8 Å². The average molecular weight is 314 g/mol. The van der Waals surface area contributed by atoms with Gasteiger partial charge in [-0.2, -0.15) is 0 Å². The van der Waals surface area contributed by atoms with Gasteiger partial charge < -0.3 is 9.80 Å². The van der Waals surface area contributed by atoms with Crippen LogP contribution in [0.15, 0.2) is 0 Å². The first-order valence-electron chi connectivity index (χ1n) is 8.92. The molecule has 1 aliphatic carbocycles. The van der Waals surface area contributed by atoms with Crippen LogP contribution in [0.2, 0.25) is 0 Å². The van der Waals surface area contributed by atoms with Gasteiger partial charge in [-0.15, -0.1) is 0 Å². The fourth-order valence-corrected chi connectivity index (χ4v) is 4.33. The summed E-state index contributed by atoms with van der Waals surface area (Å²) >= 11 is 0. The minimum absolute atomic E-state index is 0.0134. The van der Waals surface area contributed by atoms with Gasteiger partial charge in [-0.05, 0) is 51.1 Å². The van der Waals surface area contributed by atoms with E-state index in [9.17, 15) is 13.6 Å². The molecule has 3 aliphatic rings. The Morgan fingerprint density at radius 2 is 1.82 bits per heavy atom. The molecule has 1 saturated carbocycles. The topological polar surface area (TPSA) is 23.6 Å². The first-order chi connectivity index (χ1) is 10.5. The summed E-state index contributed by atoms with van der Waals surface area (Å²) in [4.78, 5) is 16.9. The zero-order chi connectivity index (χ0) is 15.6. The molecular weight excluding hydrogens is 286 g/mol. The lowest BCUT2D eigenvalue weighted by Crippen LogP contribution is -2.40. The van der Waals surface area contributed by atoms with E-state index in [1.165, 1.54) is 32.4 Å². The molecule has 22 heavy (non-hydrogen) atoms. The molecule has 5 heteroatoms. The van der Waals surface area contributed by atoms with Crippen LogP contribution in [-0.4, -0.2) is 54.4 Å². The largest absolute Gasteiger partial charge is 0.342 e. The third-order valence-corrected chi connectivity index (χ3v) is 5.55. The lowest BCUT2D eigenvalue weighted by atomic mass is 9.85. The van der Waals surface area contributed by atoms with Crippen molar-refractivity contribution >= 4 is 5.91 Å². The first-order valence-corrected chi connectivity index (χ1v) is 8.92. The van der Waals surface area contributed by atoms with Crippen LogP contribution in [0.4, 0.5) is 8.78 Å². The van der Waals surface area contributed by atoms with E-state index in [1.54, 1.807) is 0 Å². The molecule has 2 aliphatic heterocycles. The number of nitrogens with zero attached hydrogens (tertiary/aromatic N) is 2. The molecule has 2 atom stereocenters. The molecule has 2 heterocycles. The highest BCUT2D eigenvalue weighted by atomic mass is 19.3. The Kier molecular flexibility index (Phi) is 5.00. The normalized spacial score (nSPS) is 33.1. The van der Waals surface area contributed by atoms with Crippen LogP contribution in [0.5, 0.6) is 0 Å². The molecule has 0 bridgehead atoms. The molecule has 0 radical (unpaired) electrons. The van der Waals surface area contributed by atoms with Crippen molar-refractivity contribution in [3.8, 4) is 0 Å². The van der Waals surface area contributed by atoms with Gasteiger partial charge in [-0.3, -0.25) is 4.79 Å². The zero-order valence-electron chi connectivity index (χ0n) is 13.4. The van der Waals surface area contributed by atoms with Crippen molar-refractivity contribution in [2.45, 2.75) is 57.3 Å². The summed E-state index contributed by atoms with van der Waals surface area (Å²) in [7, 11) is 0. The number of hydrogen-bond donors (Lipinski definition) is 0. The van der Waals surface area contributed by atoms with Crippen LogP contribution >= 0.6 is 0 Å². The average Bonchev–Trinajstić information content (AvgIpc) is 2.95. The van der Waals surface area contributed by atoms with Crippen LogP contribution in [0.25, 0.3) is 0 Å². The highest BCUT2D eigenvalue weighted by Gasteiger charge is 2.41. The highest BCUT2D eigenvalue weighted by Crippen LogP contribution is 2.38. The highest BCUT2D eigenvalue weighted by molar-refractivity contribution is 5.79. The monoisotopic (exact) mass is 314 g/mol. The molecular formula is C17H28F2N2O. The summed E-state index contributed by atoms with van der Waals surface area (Å²) in [5.41, 5.74) is 0. The van der Waals surface area contributed by atoms with Gasteiger partial charge >= 0.3 is 0 Å². The Hall–Kier alpha value is -0.710. The van der Waals surface area contributed by atoms with E-state index in [1.807, 2.05) is 4.90 Å². The fourth-order valence-electron chi connectivity index (χ4n) is 4.33. The van der Waals surface area contributed by atoms with E-state index in [-0.39, 0.29) is 18.7 Å². The lowest BCUT2D eigenvalue weighted by molar-refractivity contribution is -0.141. The van der Waals surface area contributed by atoms with Gasteiger partial charge in [0.2, 0.25) is 11.8 Å². The van der Waals surface area contributed by atoms with Gasteiger partial charge in [0, 0.05) is 38.4 Å². The summed E-state index contributed by atoms with van der Waals surface area (Å²) in [5, 5.41) is 0. The van der Waals surface area contributed by atoms with E-state index < -0.39 is 11.8 Å². The van der Waals surface area contributed by atoms with Gasteiger partial charge in [0.05, 0.1) is 0 Å². The number of alkyl halides is 2. The third kappa shape index (κ3) is 3.98. The number of carbonyl (C=O) groups excluding carboxylic acids is 1. The summed E-state index contributed by atoms with van der Waals surface area (Å²) in [6, 6.07) is 0. The molecule has 0 aromatic rings. The Labute approximate surface area is 132 Å². The molecule has 2 unspecified atom stereocenters. The smallest absolute Gasteiger partial charge is 0.248 e. The maximum absolute atomic E-state index is 13.5. The molecule has 0 aromatic heterocycles. The summed E-state index contributed by atoms with van der Waals surface area (Å²) in [5.74, 6) is -2.56. The van der Waals surface area contributed by atoms with Crippen molar-refractivity contribution in [2.75, 3.05) is 32.7 Å². The van der Waals surface area contributed by atoms with E-state index in [0.717, 1.165) is 26.1 Å². The van der Waals surface area contributed by atoms with Crippen LogP contribution in [0.1, 0.15) is 51.4 Å². The Bertz CT molecular complexity index is 396. The number of rotatable bonds is 3.